The highest BCUT2D eigenvalue weighted by Gasteiger charge is 2.13. The highest BCUT2D eigenvalue weighted by molar-refractivity contribution is 6.09. The van der Waals surface area contributed by atoms with Crippen LogP contribution in [0.3, 0.4) is 0 Å². The fourth-order valence-electron chi connectivity index (χ4n) is 6.03. The normalized spacial score (nSPS) is 11.3. The lowest BCUT2D eigenvalue weighted by molar-refractivity contribution is 1.18. The molecule has 202 valence electrons. The molecule has 0 aliphatic carbocycles. The molecule has 43 heavy (non-hydrogen) atoms. The van der Waals surface area contributed by atoms with Gasteiger partial charge in [0.2, 0.25) is 0 Å². The summed E-state index contributed by atoms with van der Waals surface area (Å²) >= 11 is 0. The first-order chi connectivity index (χ1) is 21.3. The van der Waals surface area contributed by atoms with Crippen LogP contribution >= 0.6 is 0 Å². The molecule has 0 aliphatic rings. The number of pyridine rings is 2. The van der Waals surface area contributed by atoms with Crippen LogP contribution in [0.5, 0.6) is 0 Å². The Morgan fingerprint density at radius 2 is 0.814 bits per heavy atom. The predicted octanol–water partition coefficient (Wildman–Crippen LogP) is 10.2. The molecule has 3 aromatic heterocycles. The summed E-state index contributed by atoms with van der Waals surface area (Å²) in [4.78, 5) is 9.32. The van der Waals surface area contributed by atoms with E-state index in [1.807, 2.05) is 24.5 Å². The van der Waals surface area contributed by atoms with Gasteiger partial charge in [0, 0.05) is 28.9 Å². The number of para-hydroxylation sites is 2. The number of nitrogens with zero attached hydrogens (tertiary/aromatic N) is 3. The van der Waals surface area contributed by atoms with Gasteiger partial charge in [-0.25, -0.2) is 0 Å². The maximum atomic E-state index is 4.68. The van der Waals surface area contributed by atoms with Crippen molar-refractivity contribution < 1.29 is 0 Å². The van der Waals surface area contributed by atoms with E-state index in [2.05, 4.69) is 154 Å². The topological polar surface area (TPSA) is 30.7 Å². The number of fused-ring (bicyclic) bond motifs is 3. The van der Waals surface area contributed by atoms with Crippen LogP contribution in [0.15, 0.2) is 164 Å². The molecule has 0 spiro atoms. The Balaban J connectivity index is 1.17. The van der Waals surface area contributed by atoms with E-state index < -0.39 is 0 Å². The highest BCUT2D eigenvalue weighted by Crippen LogP contribution is 2.34. The van der Waals surface area contributed by atoms with Crippen LogP contribution in [0.2, 0.25) is 0 Å². The summed E-state index contributed by atoms with van der Waals surface area (Å²) < 4.78 is 2.36. The van der Waals surface area contributed by atoms with E-state index in [9.17, 15) is 0 Å². The third kappa shape index (κ3) is 4.58. The van der Waals surface area contributed by atoms with Gasteiger partial charge in [0.25, 0.3) is 0 Å². The molecule has 0 fully saturated rings. The second-order valence-electron chi connectivity index (χ2n) is 10.7. The Labute approximate surface area is 250 Å². The second kappa shape index (κ2) is 10.6. The average Bonchev–Trinajstić information content (AvgIpc) is 3.43. The fourth-order valence-corrected chi connectivity index (χ4v) is 6.03. The number of rotatable bonds is 5. The summed E-state index contributed by atoms with van der Waals surface area (Å²) in [6, 6.07) is 53.5. The zero-order valence-corrected chi connectivity index (χ0v) is 23.4. The highest BCUT2D eigenvalue weighted by atomic mass is 15.0. The SMILES string of the molecule is c1ccc(-c2ccnc(-c3cc(-c4cccc(-c5cccc(-n6c7ccccc7c7ccccc76)c5)c4)ccn3)c2)cc1. The third-order valence-electron chi connectivity index (χ3n) is 8.10. The lowest BCUT2D eigenvalue weighted by atomic mass is 9.98. The molecular weight excluding hydrogens is 522 g/mol. The third-order valence-corrected chi connectivity index (χ3v) is 8.10. The van der Waals surface area contributed by atoms with Crippen LogP contribution in [-0.2, 0) is 0 Å². The monoisotopic (exact) mass is 549 g/mol. The van der Waals surface area contributed by atoms with Crippen LogP contribution in [-0.4, -0.2) is 14.5 Å². The molecule has 0 N–H and O–H groups in total. The summed E-state index contributed by atoms with van der Waals surface area (Å²) in [5.74, 6) is 0. The molecule has 0 unspecified atom stereocenters. The van der Waals surface area contributed by atoms with E-state index in [1.165, 1.54) is 32.9 Å². The largest absolute Gasteiger partial charge is 0.309 e. The molecule has 0 saturated heterocycles. The number of aromatic nitrogens is 3. The molecule has 5 aromatic carbocycles. The van der Waals surface area contributed by atoms with Crippen molar-refractivity contribution in [3.8, 4) is 50.5 Å². The molecule has 3 heteroatoms. The zero-order valence-electron chi connectivity index (χ0n) is 23.4. The maximum absolute atomic E-state index is 4.68. The van der Waals surface area contributed by atoms with Gasteiger partial charge < -0.3 is 4.57 Å². The van der Waals surface area contributed by atoms with E-state index in [0.717, 1.165) is 39.3 Å². The van der Waals surface area contributed by atoms with Gasteiger partial charge in [-0.3, -0.25) is 9.97 Å². The van der Waals surface area contributed by atoms with Crippen molar-refractivity contribution in [1.29, 1.82) is 0 Å². The minimum atomic E-state index is 0.856. The van der Waals surface area contributed by atoms with Crippen molar-refractivity contribution >= 4 is 21.8 Å². The Morgan fingerprint density at radius 3 is 1.44 bits per heavy atom. The van der Waals surface area contributed by atoms with Crippen molar-refractivity contribution in [2.45, 2.75) is 0 Å². The van der Waals surface area contributed by atoms with Gasteiger partial charge in [-0.1, -0.05) is 97.1 Å². The molecule has 0 radical (unpaired) electrons. The van der Waals surface area contributed by atoms with Crippen LogP contribution in [0.25, 0.3) is 72.3 Å². The molecule has 3 heterocycles. The summed E-state index contributed by atoms with van der Waals surface area (Å²) in [6.45, 7) is 0. The Kier molecular flexibility index (Phi) is 6.12. The summed E-state index contributed by atoms with van der Waals surface area (Å²) in [5.41, 5.74) is 12.2. The minimum Gasteiger partial charge on any atom is -0.309 e. The molecule has 0 bridgehead atoms. The summed E-state index contributed by atoms with van der Waals surface area (Å²) in [6.07, 6.45) is 3.73. The summed E-state index contributed by atoms with van der Waals surface area (Å²) in [5, 5.41) is 2.53. The first-order valence-electron chi connectivity index (χ1n) is 14.5. The lowest BCUT2D eigenvalue weighted by Crippen LogP contribution is -1.94. The molecule has 0 amide bonds. The van der Waals surface area contributed by atoms with Gasteiger partial charge in [0.05, 0.1) is 22.4 Å². The maximum Gasteiger partial charge on any atom is 0.0892 e. The van der Waals surface area contributed by atoms with Gasteiger partial charge in [0.15, 0.2) is 0 Å². The molecule has 0 atom stereocenters. The van der Waals surface area contributed by atoms with Crippen molar-refractivity contribution in [3.63, 3.8) is 0 Å². The first-order valence-corrected chi connectivity index (χ1v) is 14.5. The molecule has 8 aromatic rings. The van der Waals surface area contributed by atoms with Crippen molar-refractivity contribution in [2.24, 2.45) is 0 Å². The number of hydrogen-bond acceptors (Lipinski definition) is 2. The van der Waals surface area contributed by atoms with E-state index in [0.29, 0.717) is 0 Å². The van der Waals surface area contributed by atoms with E-state index in [-0.39, 0.29) is 0 Å². The van der Waals surface area contributed by atoms with Crippen molar-refractivity contribution in [2.75, 3.05) is 0 Å². The van der Waals surface area contributed by atoms with E-state index in [4.69, 9.17) is 0 Å². The van der Waals surface area contributed by atoms with Gasteiger partial charge in [-0.15, -0.1) is 0 Å². The summed E-state index contributed by atoms with van der Waals surface area (Å²) in [7, 11) is 0. The van der Waals surface area contributed by atoms with E-state index >= 15 is 0 Å². The Bertz CT molecular complexity index is 2190. The fraction of sp³-hybridized carbons (Fsp3) is 0. The zero-order chi connectivity index (χ0) is 28.6. The van der Waals surface area contributed by atoms with Gasteiger partial charge in [-0.05, 0) is 88.0 Å². The van der Waals surface area contributed by atoms with Crippen LogP contribution in [0.4, 0.5) is 0 Å². The van der Waals surface area contributed by atoms with Gasteiger partial charge in [-0.2, -0.15) is 0 Å². The number of hydrogen-bond donors (Lipinski definition) is 0. The molecule has 8 rings (SSSR count). The Hall–Kier alpha value is -5.80. The second-order valence-corrected chi connectivity index (χ2v) is 10.7. The predicted molar refractivity (Wildman–Crippen MR) is 178 cm³/mol. The average molecular weight is 550 g/mol. The van der Waals surface area contributed by atoms with Gasteiger partial charge in [0.1, 0.15) is 0 Å². The lowest BCUT2D eigenvalue weighted by Gasteiger charge is -2.11. The molecule has 0 saturated carbocycles. The van der Waals surface area contributed by atoms with Crippen molar-refractivity contribution in [1.82, 2.24) is 14.5 Å². The smallest absolute Gasteiger partial charge is 0.0892 e. The van der Waals surface area contributed by atoms with E-state index in [1.54, 1.807) is 0 Å². The minimum absolute atomic E-state index is 0.856. The first kappa shape index (κ1) is 25.0. The Morgan fingerprint density at radius 1 is 0.349 bits per heavy atom. The van der Waals surface area contributed by atoms with Crippen LogP contribution in [0.1, 0.15) is 0 Å². The van der Waals surface area contributed by atoms with Crippen LogP contribution in [0, 0.1) is 0 Å². The molecule has 0 aliphatic heterocycles. The van der Waals surface area contributed by atoms with Crippen LogP contribution < -0.4 is 0 Å². The molecule has 3 nitrogen and oxygen atoms in total. The quantitative estimate of drug-likeness (QED) is 0.214. The van der Waals surface area contributed by atoms with Gasteiger partial charge >= 0.3 is 0 Å². The molecular formula is C40H27N3. The number of benzene rings is 5. The standard InChI is InChI=1S/C40H27N3/c1-2-10-28(11-3-1)32-20-22-41-37(26-32)38-27-33(21-23-42-38)30-13-8-12-29(24-30)31-14-9-15-34(25-31)43-39-18-6-4-16-35(39)36-17-5-7-19-40(36)43/h1-27H. The van der Waals surface area contributed by atoms with Crippen molar-refractivity contribution in [3.05, 3.63) is 164 Å².